The fraction of sp³-hybridized carbons (Fsp3) is 0.111. The number of sulfone groups is 1. The molecule has 0 saturated carbocycles. The van der Waals surface area contributed by atoms with Gasteiger partial charge >= 0.3 is 0 Å². The Bertz CT molecular complexity index is 1190. The minimum Gasteiger partial charge on any atom is -0.379 e. The van der Waals surface area contributed by atoms with E-state index in [0.29, 0.717) is 16.7 Å². The molecular weight excluding hydrogens is 404 g/mol. The topological polar surface area (TPSA) is 54.4 Å². The van der Waals surface area contributed by atoms with Gasteiger partial charge in [0, 0.05) is 0 Å². The molecule has 3 nitrogen and oxygen atoms in total. The molecule has 0 aliphatic rings. The monoisotopic (exact) mass is 428 g/mol. The maximum Gasteiger partial charge on any atom is 0.188 e. The fourth-order valence-corrected chi connectivity index (χ4v) is 6.01. The summed E-state index contributed by atoms with van der Waals surface area (Å²) in [5, 5.41) is 11.1. The van der Waals surface area contributed by atoms with Crippen molar-refractivity contribution in [3.05, 3.63) is 138 Å². The minimum atomic E-state index is -3.97. The van der Waals surface area contributed by atoms with Crippen molar-refractivity contribution < 1.29 is 13.5 Å². The summed E-state index contributed by atoms with van der Waals surface area (Å²) in [6.45, 7) is 1.91. The molecule has 31 heavy (non-hydrogen) atoms. The maximum absolute atomic E-state index is 14.1. The molecule has 0 amide bonds. The zero-order valence-electron chi connectivity index (χ0n) is 17.2. The molecule has 0 aromatic heterocycles. The van der Waals surface area contributed by atoms with Crippen LogP contribution >= 0.6 is 0 Å². The molecule has 0 radical (unpaired) electrons. The highest BCUT2D eigenvalue weighted by atomic mass is 32.2. The fourth-order valence-electron chi connectivity index (χ4n) is 3.99. The van der Waals surface area contributed by atoms with Crippen LogP contribution in [0.2, 0.25) is 0 Å². The molecule has 0 spiro atoms. The van der Waals surface area contributed by atoms with Crippen LogP contribution in [0.5, 0.6) is 0 Å². The number of aryl methyl sites for hydroxylation is 1. The first kappa shape index (κ1) is 21.0. The molecule has 0 saturated heterocycles. The van der Waals surface area contributed by atoms with Gasteiger partial charge in [0.15, 0.2) is 9.84 Å². The lowest BCUT2D eigenvalue weighted by Gasteiger charge is -2.37. The lowest BCUT2D eigenvalue weighted by atomic mass is 9.81. The predicted octanol–water partition coefficient (Wildman–Crippen LogP) is 5.45. The Morgan fingerprint density at radius 3 is 1.52 bits per heavy atom. The van der Waals surface area contributed by atoms with Gasteiger partial charge in [0.25, 0.3) is 0 Å². The van der Waals surface area contributed by atoms with Gasteiger partial charge in [0.2, 0.25) is 0 Å². The van der Waals surface area contributed by atoms with Crippen LogP contribution < -0.4 is 0 Å². The molecule has 0 bridgehead atoms. The summed E-state index contributed by atoms with van der Waals surface area (Å²) in [7, 11) is -3.97. The van der Waals surface area contributed by atoms with Gasteiger partial charge in [0.1, 0.15) is 10.9 Å². The largest absolute Gasteiger partial charge is 0.379 e. The summed E-state index contributed by atoms with van der Waals surface area (Å²) in [6, 6.07) is 33.7. The average Bonchev–Trinajstić information content (AvgIpc) is 2.81. The number of hydrogen-bond acceptors (Lipinski definition) is 3. The summed E-state index contributed by atoms with van der Waals surface area (Å²) in [5.41, 5.74) is 0.736. The van der Waals surface area contributed by atoms with E-state index in [1.807, 2.05) is 49.4 Å². The smallest absolute Gasteiger partial charge is 0.188 e. The van der Waals surface area contributed by atoms with Gasteiger partial charge in [-0.1, -0.05) is 109 Å². The van der Waals surface area contributed by atoms with Crippen LogP contribution in [0.25, 0.3) is 0 Å². The summed E-state index contributed by atoms with van der Waals surface area (Å²) in [4.78, 5) is 0.178. The maximum atomic E-state index is 14.1. The SMILES string of the molecule is Cc1ccc(S(=O)(=O)[C@@H](c2ccccc2)C(O)(c2ccccc2)c2ccccc2)cc1. The van der Waals surface area contributed by atoms with E-state index in [0.717, 1.165) is 5.56 Å². The molecule has 156 valence electrons. The minimum absolute atomic E-state index is 0.178. The lowest BCUT2D eigenvalue weighted by molar-refractivity contribution is 0.0746. The van der Waals surface area contributed by atoms with Gasteiger partial charge in [-0.05, 0) is 35.7 Å². The highest BCUT2D eigenvalue weighted by Gasteiger charge is 2.49. The van der Waals surface area contributed by atoms with Crippen LogP contribution in [-0.4, -0.2) is 13.5 Å². The molecule has 1 atom stereocenters. The van der Waals surface area contributed by atoms with Gasteiger partial charge in [0.05, 0.1) is 4.90 Å². The normalized spacial score (nSPS) is 13.0. The zero-order valence-corrected chi connectivity index (χ0v) is 18.0. The Hall–Kier alpha value is -3.21. The summed E-state index contributed by atoms with van der Waals surface area (Å²) in [5.74, 6) is 0. The van der Waals surface area contributed by atoms with E-state index in [2.05, 4.69) is 0 Å². The van der Waals surface area contributed by atoms with Crippen molar-refractivity contribution >= 4 is 9.84 Å². The van der Waals surface area contributed by atoms with Gasteiger partial charge in [-0.15, -0.1) is 0 Å². The third-order valence-corrected chi connectivity index (χ3v) is 7.73. The van der Waals surface area contributed by atoms with Crippen molar-refractivity contribution in [3.63, 3.8) is 0 Å². The Morgan fingerprint density at radius 2 is 1.06 bits per heavy atom. The molecule has 4 aromatic rings. The summed E-state index contributed by atoms with van der Waals surface area (Å²) in [6.07, 6.45) is 0. The molecule has 0 fully saturated rings. The third kappa shape index (κ3) is 3.92. The van der Waals surface area contributed by atoms with Crippen molar-refractivity contribution in [2.45, 2.75) is 22.7 Å². The van der Waals surface area contributed by atoms with Gasteiger partial charge in [-0.2, -0.15) is 0 Å². The Labute approximate surface area is 183 Å². The quantitative estimate of drug-likeness (QED) is 0.445. The van der Waals surface area contributed by atoms with E-state index in [4.69, 9.17) is 0 Å². The summed E-state index contributed by atoms with van der Waals surface area (Å²) < 4.78 is 28.2. The van der Waals surface area contributed by atoms with Crippen LogP contribution in [0.4, 0.5) is 0 Å². The van der Waals surface area contributed by atoms with Gasteiger partial charge in [-0.25, -0.2) is 8.42 Å². The zero-order chi connectivity index (χ0) is 21.9. The molecule has 4 aromatic carbocycles. The number of hydrogen-bond donors (Lipinski definition) is 1. The second-order valence-corrected chi connectivity index (χ2v) is 9.68. The van der Waals surface area contributed by atoms with E-state index in [1.54, 1.807) is 72.8 Å². The molecule has 0 heterocycles. The van der Waals surface area contributed by atoms with Crippen LogP contribution in [-0.2, 0) is 15.4 Å². The molecular formula is C27H24O3S. The van der Waals surface area contributed by atoms with E-state index >= 15 is 0 Å². The lowest BCUT2D eigenvalue weighted by Crippen LogP contribution is -2.39. The molecule has 0 aliphatic carbocycles. The van der Waals surface area contributed by atoms with E-state index in [9.17, 15) is 13.5 Å². The van der Waals surface area contributed by atoms with Crippen molar-refractivity contribution in [1.82, 2.24) is 0 Å². The highest BCUT2D eigenvalue weighted by Crippen LogP contribution is 2.47. The second kappa shape index (κ2) is 8.50. The first-order chi connectivity index (χ1) is 14.9. The molecule has 0 aliphatic heterocycles. The van der Waals surface area contributed by atoms with Crippen LogP contribution in [0, 0.1) is 6.92 Å². The van der Waals surface area contributed by atoms with E-state index in [1.165, 1.54) is 0 Å². The average molecular weight is 429 g/mol. The summed E-state index contributed by atoms with van der Waals surface area (Å²) >= 11 is 0. The predicted molar refractivity (Wildman–Crippen MR) is 123 cm³/mol. The molecule has 4 rings (SSSR count). The Balaban J connectivity index is 2.04. The number of benzene rings is 4. The van der Waals surface area contributed by atoms with Crippen molar-refractivity contribution in [2.75, 3.05) is 0 Å². The highest BCUT2D eigenvalue weighted by molar-refractivity contribution is 7.91. The van der Waals surface area contributed by atoms with Crippen molar-refractivity contribution in [2.24, 2.45) is 0 Å². The van der Waals surface area contributed by atoms with Crippen LogP contribution in [0.15, 0.2) is 120 Å². The first-order valence-electron chi connectivity index (χ1n) is 10.1. The second-order valence-electron chi connectivity index (χ2n) is 7.65. The molecule has 1 N–H and O–H groups in total. The first-order valence-corrected chi connectivity index (χ1v) is 11.7. The Kier molecular flexibility index (Phi) is 5.77. The molecule has 0 unspecified atom stereocenters. The third-order valence-electron chi connectivity index (χ3n) is 5.57. The van der Waals surface area contributed by atoms with E-state index in [-0.39, 0.29) is 4.90 Å². The number of rotatable bonds is 6. The van der Waals surface area contributed by atoms with Crippen LogP contribution in [0.3, 0.4) is 0 Å². The van der Waals surface area contributed by atoms with Gasteiger partial charge in [-0.3, -0.25) is 0 Å². The van der Waals surface area contributed by atoms with Crippen molar-refractivity contribution in [3.8, 4) is 0 Å². The van der Waals surface area contributed by atoms with Gasteiger partial charge < -0.3 is 5.11 Å². The van der Waals surface area contributed by atoms with Crippen molar-refractivity contribution in [1.29, 1.82) is 0 Å². The Morgan fingerprint density at radius 1 is 0.645 bits per heavy atom. The van der Waals surface area contributed by atoms with Crippen LogP contribution in [0.1, 0.15) is 27.5 Å². The number of aliphatic hydroxyl groups is 1. The van der Waals surface area contributed by atoms with E-state index < -0.39 is 20.7 Å². The molecule has 4 heteroatoms. The standard InChI is InChI=1S/C27H24O3S/c1-21-17-19-25(20-18-21)31(29,30)26(22-11-5-2-6-12-22)27(28,23-13-7-3-8-14-23)24-15-9-4-10-16-24/h2-20,26,28H,1H3/t26-/m0/s1.